The Bertz CT molecular complexity index is 3760. The Morgan fingerprint density at radius 3 is 1.43 bits per heavy atom. The van der Waals surface area contributed by atoms with Crippen molar-refractivity contribution in [2.24, 2.45) is 28.2 Å². The standard InChI is InChI=1S/C52H40Cl3F7N4O9/c1-25(49(72,51(57,58)59)27-7-17-41-43(19-27)65(5)47(70)63(41)3)33-13-9-30(22-37(33)53)73-29-12-16-40(56)36(21-29)46(69)75-50(52(60,61)62,28-8-18-42-44(20-28)66(6)48(71)64(42)4)26(2)34-14-10-31(23-38(34)54)74-32-11-15-35(45(67)68)39(55)24-32/h7-26,72H,1-6H3,(H,67,68). The molecule has 0 spiro atoms. The second-order valence-corrected chi connectivity index (χ2v) is 18.9. The predicted molar refractivity (Wildman–Crippen MR) is 264 cm³/mol. The molecule has 0 amide bonds. The molecular weight excluding hydrogens is 1060 g/mol. The number of nitrogens with zero attached hydrogens (tertiary/aromatic N) is 4. The van der Waals surface area contributed by atoms with Gasteiger partial charge in [0, 0.05) is 61.7 Å². The molecule has 23 heteroatoms. The number of carbonyl (C=O) groups excluding carboxylic acids is 1. The molecule has 8 aromatic rings. The van der Waals surface area contributed by atoms with Gasteiger partial charge in [-0.15, -0.1) is 0 Å². The molecule has 0 aliphatic carbocycles. The molecule has 2 N–H and O–H groups in total. The van der Waals surface area contributed by atoms with Crippen LogP contribution in [-0.4, -0.2) is 52.8 Å². The number of rotatable bonds is 13. The van der Waals surface area contributed by atoms with Crippen molar-refractivity contribution < 1.29 is 64.7 Å². The monoisotopic (exact) mass is 1100 g/mol. The van der Waals surface area contributed by atoms with E-state index in [1.165, 1.54) is 79.8 Å². The maximum absolute atomic E-state index is 16.3. The van der Waals surface area contributed by atoms with Gasteiger partial charge in [0.2, 0.25) is 5.60 Å². The van der Waals surface area contributed by atoms with Gasteiger partial charge in [0.05, 0.1) is 38.2 Å². The minimum Gasteiger partial charge on any atom is -0.478 e. The molecule has 392 valence electrons. The largest absolute Gasteiger partial charge is 0.478 e. The van der Waals surface area contributed by atoms with Gasteiger partial charge in [0.1, 0.15) is 28.8 Å². The Morgan fingerprint density at radius 2 is 0.960 bits per heavy atom. The normalized spacial score (nSPS) is 14.6. The van der Waals surface area contributed by atoms with E-state index in [4.69, 9.17) is 49.0 Å². The Hall–Kier alpha value is -7.26. The maximum Gasteiger partial charge on any atom is 0.433 e. The van der Waals surface area contributed by atoms with Crippen molar-refractivity contribution in [1.29, 1.82) is 0 Å². The summed E-state index contributed by atoms with van der Waals surface area (Å²) in [5.41, 5.74) is -10.7. The number of ether oxygens (including phenoxy) is 3. The summed E-state index contributed by atoms with van der Waals surface area (Å²) in [7, 11) is 5.52. The quantitative estimate of drug-likeness (QED) is 0.0847. The van der Waals surface area contributed by atoms with Gasteiger partial charge in [0.15, 0.2) is 5.60 Å². The average Bonchev–Trinajstić information content (AvgIpc) is 3.69. The van der Waals surface area contributed by atoms with E-state index in [1.807, 2.05) is 0 Å². The Kier molecular flexibility index (Phi) is 14.0. The third-order valence-electron chi connectivity index (χ3n) is 13.4. The number of benzene rings is 6. The van der Waals surface area contributed by atoms with Crippen LogP contribution in [0.5, 0.6) is 23.0 Å². The molecule has 0 fully saturated rings. The number of aromatic nitrogens is 4. The first-order valence-electron chi connectivity index (χ1n) is 22.2. The van der Waals surface area contributed by atoms with Crippen molar-refractivity contribution in [3.05, 3.63) is 184 Å². The molecule has 0 saturated carbocycles. The zero-order valence-corrected chi connectivity index (χ0v) is 42.1. The van der Waals surface area contributed by atoms with Crippen molar-refractivity contribution in [2.45, 2.75) is 49.2 Å². The first kappa shape index (κ1) is 54.0. The smallest absolute Gasteiger partial charge is 0.433 e. The molecule has 8 rings (SSSR count). The van der Waals surface area contributed by atoms with Crippen molar-refractivity contribution in [3.8, 4) is 23.0 Å². The molecule has 0 radical (unpaired) electrons. The van der Waals surface area contributed by atoms with E-state index in [9.17, 15) is 29.4 Å². The number of esters is 1. The van der Waals surface area contributed by atoms with E-state index >= 15 is 30.7 Å². The third-order valence-corrected chi connectivity index (χ3v) is 14.4. The highest BCUT2D eigenvalue weighted by Gasteiger charge is 2.64. The van der Waals surface area contributed by atoms with Gasteiger partial charge in [0.25, 0.3) is 0 Å². The van der Waals surface area contributed by atoms with E-state index < -0.39 is 81.2 Å². The summed E-state index contributed by atoms with van der Waals surface area (Å²) in [6.07, 6.45) is -10.8. The number of carboxylic acids is 1. The number of alkyl halides is 6. The van der Waals surface area contributed by atoms with Crippen molar-refractivity contribution in [3.63, 3.8) is 0 Å². The number of hydrogen-bond acceptors (Lipinski definition) is 8. The van der Waals surface area contributed by atoms with Crippen LogP contribution in [0, 0.1) is 5.82 Å². The summed E-state index contributed by atoms with van der Waals surface area (Å²) in [6.45, 7) is 2.15. The number of halogens is 10. The minimum atomic E-state index is -5.53. The third kappa shape index (κ3) is 9.27. The summed E-state index contributed by atoms with van der Waals surface area (Å²) < 4.78 is 132. The second kappa shape index (κ2) is 19.5. The fraction of sp³-hybridized carbons (Fsp3) is 0.231. The Balaban J connectivity index is 1.14. The SMILES string of the molecule is CC(c1ccc(Oc2ccc(F)c(C(=O)OC(c3ccc4c(c3)n(C)c(=O)n4C)(C(C)c3ccc(Oc4ccc(C(=O)O)c(Cl)c4)cc3Cl)C(F)(F)F)c2)cc1Cl)C(O)(c1ccc2c(c1)n(C)c(=O)n2C)C(F)(F)F. The van der Waals surface area contributed by atoms with Crippen LogP contribution >= 0.6 is 34.8 Å². The highest BCUT2D eigenvalue weighted by atomic mass is 35.5. The van der Waals surface area contributed by atoms with Gasteiger partial charge < -0.3 is 24.4 Å². The van der Waals surface area contributed by atoms with Crippen molar-refractivity contribution >= 4 is 68.8 Å². The number of carbonyl (C=O) groups is 2. The van der Waals surface area contributed by atoms with Gasteiger partial charge in [-0.3, -0.25) is 18.3 Å². The average molecular weight is 1100 g/mol. The number of imidazole rings is 2. The van der Waals surface area contributed by atoms with Crippen LogP contribution in [0.3, 0.4) is 0 Å². The first-order chi connectivity index (χ1) is 35.0. The molecule has 13 nitrogen and oxygen atoms in total. The molecule has 0 aliphatic heterocycles. The lowest BCUT2D eigenvalue weighted by Crippen LogP contribution is -2.50. The highest BCUT2D eigenvalue weighted by molar-refractivity contribution is 6.33. The fourth-order valence-corrected chi connectivity index (χ4v) is 10.1. The number of carboxylic acid groups (broad SMARTS) is 1. The molecule has 4 atom stereocenters. The second-order valence-electron chi connectivity index (χ2n) is 17.7. The number of fused-ring (bicyclic) bond motifs is 2. The number of aliphatic hydroxyl groups is 1. The van der Waals surface area contributed by atoms with Gasteiger partial charge in [-0.2, -0.15) is 26.3 Å². The zero-order valence-electron chi connectivity index (χ0n) is 39.9. The molecule has 75 heavy (non-hydrogen) atoms. The molecule has 4 unspecified atom stereocenters. The van der Waals surface area contributed by atoms with Crippen LogP contribution in [0.4, 0.5) is 30.7 Å². The van der Waals surface area contributed by atoms with Gasteiger partial charge in [-0.1, -0.05) is 72.9 Å². The topological polar surface area (TPSA) is 156 Å². The molecule has 2 heterocycles. The van der Waals surface area contributed by atoms with Crippen molar-refractivity contribution in [1.82, 2.24) is 18.3 Å². The summed E-state index contributed by atoms with van der Waals surface area (Å²) in [5.74, 6) is -8.78. The van der Waals surface area contributed by atoms with E-state index in [1.54, 1.807) is 0 Å². The molecule has 0 saturated heterocycles. The summed E-state index contributed by atoms with van der Waals surface area (Å²) in [6, 6.07) is 19.7. The van der Waals surface area contributed by atoms with Crippen LogP contribution in [-0.2, 0) is 44.1 Å². The van der Waals surface area contributed by atoms with E-state index in [0.29, 0.717) is 11.6 Å². The van der Waals surface area contributed by atoms with Crippen LogP contribution in [0.25, 0.3) is 22.1 Å². The number of hydrogen-bond donors (Lipinski definition) is 2. The zero-order chi connectivity index (χ0) is 55.0. The lowest BCUT2D eigenvalue weighted by molar-refractivity contribution is -0.274. The van der Waals surface area contributed by atoms with Gasteiger partial charge in [-0.25, -0.2) is 23.6 Å². The summed E-state index contributed by atoms with van der Waals surface area (Å²) >= 11 is 19.3. The van der Waals surface area contributed by atoms with Crippen LogP contribution < -0.4 is 20.9 Å². The van der Waals surface area contributed by atoms with Gasteiger partial charge >= 0.3 is 35.7 Å². The number of aryl methyl sites for hydroxylation is 4. The molecule has 2 aromatic heterocycles. The lowest BCUT2D eigenvalue weighted by Gasteiger charge is -2.40. The molecule has 0 bridgehead atoms. The molecule has 0 aliphatic rings. The predicted octanol–water partition coefficient (Wildman–Crippen LogP) is 12.4. The van der Waals surface area contributed by atoms with Crippen molar-refractivity contribution in [2.75, 3.05) is 0 Å². The van der Waals surface area contributed by atoms with E-state index in [2.05, 4.69) is 0 Å². The van der Waals surface area contributed by atoms with E-state index in [-0.39, 0.29) is 71.3 Å². The minimum absolute atomic E-state index is 0.00446. The lowest BCUT2D eigenvalue weighted by atomic mass is 9.77. The van der Waals surface area contributed by atoms with Crippen LogP contribution in [0.1, 0.15) is 68.7 Å². The summed E-state index contributed by atoms with van der Waals surface area (Å²) in [4.78, 5) is 51.2. The fourth-order valence-electron chi connectivity index (χ4n) is 9.22. The Morgan fingerprint density at radius 1 is 0.533 bits per heavy atom. The first-order valence-corrected chi connectivity index (χ1v) is 23.3. The summed E-state index contributed by atoms with van der Waals surface area (Å²) in [5, 5.41) is 20.1. The van der Waals surface area contributed by atoms with Crippen LogP contribution in [0.15, 0.2) is 119 Å². The number of aromatic carboxylic acids is 1. The Labute approximate surface area is 435 Å². The highest BCUT2D eigenvalue weighted by Crippen LogP contribution is 2.54. The van der Waals surface area contributed by atoms with E-state index in [0.717, 1.165) is 83.6 Å². The van der Waals surface area contributed by atoms with Crippen LogP contribution in [0.2, 0.25) is 15.1 Å². The maximum atomic E-state index is 16.3. The van der Waals surface area contributed by atoms with Gasteiger partial charge in [-0.05, 0) is 95.6 Å². The molecular formula is C52H40Cl3F7N4O9. The molecule has 6 aromatic carbocycles.